The second kappa shape index (κ2) is 6.09. The number of rotatable bonds is 2. The van der Waals surface area contributed by atoms with Gasteiger partial charge in [-0.05, 0) is 23.8 Å². The number of fused-ring (bicyclic) bond motifs is 1. The topological polar surface area (TPSA) is 59.1 Å². The van der Waals surface area contributed by atoms with Gasteiger partial charge in [0.1, 0.15) is 0 Å². The molecule has 0 atom stereocenters. The lowest BCUT2D eigenvalue weighted by Gasteiger charge is -2.33. The molecule has 0 spiro atoms. The minimum atomic E-state index is -0.0409. The number of ether oxygens (including phenoxy) is 2. The molecule has 2 aliphatic heterocycles. The van der Waals surface area contributed by atoms with Crippen LogP contribution < -0.4 is 9.47 Å². The van der Waals surface area contributed by atoms with E-state index in [-0.39, 0.29) is 18.6 Å². The van der Waals surface area contributed by atoms with E-state index >= 15 is 0 Å². The van der Waals surface area contributed by atoms with Crippen LogP contribution in [0.2, 0.25) is 0 Å². The summed E-state index contributed by atoms with van der Waals surface area (Å²) in [5.74, 6) is 1.44. The molecular formula is C16H18N2O4. The smallest absolute Gasteiger partial charge is 0.246 e. The van der Waals surface area contributed by atoms with Crippen LogP contribution in [0.4, 0.5) is 0 Å². The van der Waals surface area contributed by atoms with Crippen molar-refractivity contribution >= 4 is 17.9 Å². The van der Waals surface area contributed by atoms with Crippen LogP contribution in [0.25, 0.3) is 6.08 Å². The average Bonchev–Trinajstić information content (AvgIpc) is 3.00. The van der Waals surface area contributed by atoms with Crippen molar-refractivity contribution < 1.29 is 19.1 Å². The average molecular weight is 302 g/mol. The summed E-state index contributed by atoms with van der Waals surface area (Å²) in [6, 6.07) is 5.56. The van der Waals surface area contributed by atoms with Gasteiger partial charge in [-0.25, -0.2) is 0 Å². The first-order chi connectivity index (χ1) is 10.6. The molecular weight excluding hydrogens is 284 g/mol. The van der Waals surface area contributed by atoms with Gasteiger partial charge in [0, 0.05) is 39.2 Å². The second-order valence-corrected chi connectivity index (χ2v) is 5.28. The van der Waals surface area contributed by atoms with Crippen LogP contribution in [0, 0.1) is 0 Å². The minimum absolute atomic E-state index is 0.0409. The molecule has 0 N–H and O–H groups in total. The number of carbonyl (C=O) groups excluding carboxylic acids is 2. The number of hydrogen-bond donors (Lipinski definition) is 0. The first kappa shape index (κ1) is 14.4. The number of carbonyl (C=O) groups is 2. The van der Waals surface area contributed by atoms with Crippen LogP contribution >= 0.6 is 0 Å². The summed E-state index contributed by atoms with van der Waals surface area (Å²) < 4.78 is 10.6. The predicted molar refractivity (Wildman–Crippen MR) is 80.4 cm³/mol. The molecule has 0 saturated carbocycles. The highest BCUT2D eigenvalue weighted by atomic mass is 16.7. The lowest BCUT2D eigenvalue weighted by Crippen LogP contribution is -2.49. The minimum Gasteiger partial charge on any atom is -0.454 e. The van der Waals surface area contributed by atoms with Gasteiger partial charge in [0.15, 0.2) is 11.5 Å². The van der Waals surface area contributed by atoms with E-state index in [0.29, 0.717) is 31.9 Å². The molecule has 0 aliphatic carbocycles. The molecule has 0 aromatic heterocycles. The highest BCUT2D eigenvalue weighted by molar-refractivity contribution is 5.92. The third-order valence-corrected chi connectivity index (χ3v) is 3.85. The van der Waals surface area contributed by atoms with E-state index in [1.165, 1.54) is 0 Å². The van der Waals surface area contributed by atoms with Crippen molar-refractivity contribution in [2.75, 3.05) is 33.0 Å². The fourth-order valence-electron chi connectivity index (χ4n) is 2.53. The molecule has 1 aromatic rings. The normalized spacial score (nSPS) is 17.1. The third-order valence-electron chi connectivity index (χ3n) is 3.85. The molecule has 1 fully saturated rings. The van der Waals surface area contributed by atoms with Crippen LogP contribution in [0.5, 0.6) is 11.5 Å². The zero-order valence-electron chi connectivity index (χ0n) is 12.4. The van der Waals surface area contributed by atoms with Gasteiger partial charge in [-0.1, -0.05) is 6.07 Å². The summed E-state index contributed by atoms with van der Waals surface area (Å²) in [7, 11) is 0. The third kappa shape index (κ3) is 3.05. The van der Waals surface area contributed by atoms with Gasteiger partial charge in [-0.3, -0.25) is 9.59 Å². The number of piperazine rings is 1. The molecule has 0 bridgehead atoms. The number of benzene rings is 1. The molecule has 2 amide bonds. The molecule has 1 aromatic carbocycles. The summed E-state index contributed by atoms with van der Waals surface area (Å²) in [4.78, 5) is 26.9. The first-order valence-electron chi connectivity index (χ1n) is 7.25. The van der Waals surface area contributed by atoms with Crippen LogP contribution in [0.15, 0.2) is 24.3 Å². The number of hydrogen-bond acceptors (Lipinski definition) is 4. The second-order valence-electron chi connectivity index (χ2n) is 5.28. The Balaban J connectivity index is 1.59. The van der Waals surface area contributed by atoms with E-state index in [9.17, 15) is 9.59 Å². The van der Waals surface area contributed by atoms with Crippen molar-refractivity contribution in [2.24, 2.45) is 0 Å². The Morgan fingerprint density at radius 1 is 1.05 bits per heavy atom. The summed E-state index contributed by atoms with van der Waals surface area (Å²) in [5.41, 5.74) is 0.889. The standard InChI is InChI=1S/C16H18N2O4/c1-12(19)17-6-8-18(9-7-17)16(20)5-3-13-2-4-14-15(10-13)22-11-21-14/h2-5,10H,6-9,11H2,1H3/b5-3+. The monoisotopic (exact) mass is 302 g/mol. The Labute approximate surface area is 128 Å². The summed E-state index contributed by atoms with van der Waals surface area (Å²) in [6.07, 6.45) is 3.32. The molecule has 22 heavy (non-hydrogen) atoms. The van der Waals surface area contributed by atoms with E-state index in [0.717, 1.165) is 11.3 Å². The van der Waals surface area contributed by atoms with E-state index in [2.05, 4.69) is 0 Å². The Morgan fingerprint density at radius 3 is 2.45 bits per heavy atom. The van der Waals surface area contributed by atoms with Crippen LogP contribution in [0.1, 0.15) is 12.5 Å². The maximum absolute atomic E-state index is 12.2. The number of amides is 2. The Kier molecular flexibility index (Phi) is 4.00. The fourth-order valence-corrected chi connectivity index (χ4v) is 2.53. The van der Waals surface area contributed by atoms with Crippen molar-refractivity contribution in [3.05, 3.63) is 29.8 Å². The van der Waals surface area contributed by atoms with E-state index in [1.807, 2.05) is 18.2 Å². The fraction of sp³-hybridized carbons (Fsp3) is 0.375. The Hall–Kier alpha value is -2.50. The van der Waals surface area contributed by atoms with Crippen molar-refractivity contribution in [3.63, 3.8) is 0 Å². The molecule has 1 saturated heterocycles. The quantitative estimate of drug-likeness (QED) is 0.768. The molecule has 0 unspecified atom stereocenters. The molecule has 2 heterocycles. The van der Waals surface area contributed by atoms with Crippen molar-refractivity contribution in [2.45, 2.75) is 6.92 Å². The van der Waals surface area contributed by atoms with Crippen LogP contribution in [-0.4, -0.2) is 54.6 Å². The zero-order valence-corrected chi connectivity index (χ0v) is 12.4. The molecule has 2 aliphatic rings. The van der Waals surface area contributed by atoms with E-state index in [4.69, 9.17) is 9.47 Å². The van der Waals surface area contributed by atoms with Gasteiger partial charge in [0.2, 0.25) is 18.6 Å². The van der Waals surface area contributed by atoms with Crippen molar-refractivity contribution in [3.8, 4) is 11.5 Å². The SMILES string of the molecule is CC(=O)N1CCN(C(=O)/C=C/c2ccc3c(c2)OCO3)CC1. The summed E-state index contributed by atoms with van der Waals surface area (Å²) >= 11 is 0. The van der Waals surface area contributed by atoms with Gasteiger partial charge < -0.3 is 19.3 Å². The Bertz CT molecular complexity index is 619. The lowest BCUT2D eigenvalue weighted by atomic mass is 10.2. The zero-order chi connectivity index (χ0) is 15.5. The lowest BCUT2D eigenvalue weighted by molar-refractivity contribution is -0.135. The van der Waals surface area contributed by atoms with Gasteiger partial charge in [-0.2, -0.15) is 0 Å². The van der Waals surface area contributed by atoms with E-state index in [1.54, 1.807) is 28.9 Å². The number of nitrogens with zero attached hydrogens (tertiary/aromatic N) is 2. The van der Waals surface area contributed by atoms with Gasteiger partial charge in [0.25, 0.3) is 0 Å². The van der Waals surface area contributed by atoms with Gasteiger partial charge in [0.05, 0.1) is 0 Å². The van der Waals surface area contributed by atoms with E-state index < -0.39 is 0 Å². The molecule has 6 heteroatoms. The maximum atomic E-state index is 12.2. The van der Waals surface area contributed by atoms with Crippen molar-refractivity contribution in [1.82, 2.24) is 9.80 Å². The highest BCUT2D eigenvalue weighted by Crippen LogP contribution is 2.32. The molecule has 3 rings (SSSR count). The molecule has 0 radical (unpaired) electrons. The van der Waals surface area contributed by atoms with Crippen molar-refractivity contribution in [1.29, 1.82) is 0 Å². The highest BCUT2D eigenvalue weighted by Gasteiger charge is 2.20. The maximum Gasteiger partial charge on any atom is 0.246 e. The van der Waals surface area contributed by atoms with Crippen LogP contribution in [-0.2, 0) is 9.59 Å². The first-order valence-corrected chi connectivity index (χ1v) is 7.25. The summed E-state index contributed by atoms with van der Waals surface area (Å²) in [5, 5.41) is 0. The van der Waals surface area contributed by atoms with Gasteiger partial charge >= 0.3 is 0 Å². The predicted octanol–water partition coefficient (Wildman–Crippen LogP) is 1.12. The van der Waals surface area contributed by atoms with Crippen LogP contribution in [0.3, 0.4) is 0 Å². The molecule has 6 nitrogen and oxygen atoms in total. The van der Waals surface area contributed by atoms with Gasteiger partial charge in [-0.15, -0.1) is 0 Å². The summed E-state index contributed by atoms with van der Waals surface area (Å²) in [6.45, 7) is 4.13. The Morgan fingerprint density at radius 2 is 1.73 bits per heavy atom. The molecule has 116 valence electrons. The largest absolute Gasteiger partial charge is 0.454 e.